The number of hydrogen-bond donors (Lipinski definition) is 1. The Kier molecular flexibility index (Phi) is 4.58. The van der Waals surface area contributed by atoms with Gasteiger partial charge in [0.15, 0.2) is 5.96 Å². The van der Waals surface area contributed by atoms with Crippen molar-refractivity contribution in [2.45, 2.75) is 12.8 Å². The molecule has 118 valence electrons. The third kappa shape index (κ3) is 3.22. The minimum Gasteiger partial charge on any atom is -0.378 e. The van der Waals surface area contributed by atoms with Crippen LogP contribution < -0.4 is 10.6 Å². The molecular formula is C16H22N4O2. The Bertz CT molecular complexity index is 567. The lowest BCUT2D eigenvalue weighted by Gasteiger charge is -2.30. The number of amides is 1. The van der Waals surface area contributed by atoms with Crippen LogP contribution >= 0.6 is 0 Å². The molecule has 0 aliphatic carbocycles. The summed E-state index contributed by atoms with van der Waals surface area (Å²) in [7, 11) is 0. The Hall–Kier alpha value is -2.08. The van der Waals surface area contributed by atoms with Crippen LogP contribution in [0.1, 0.15) is 12.0 Å². The molecule has 0 radical (unpaired) electrons. The highest BCUT2D eigenvalue weighted by Crippen LogP contribution is 2.26. The monoisotopic (exact) mass is 302 g/mol. The lowest BCUT2D eigenvalue weighted by atomic mass is 10.0. The first-order valence-corrected chi connectivity index (χ1v) is 7.76. The smallest absolute Gasteiger partial charge is 0.248 e. The van der Waals surface area contributed by atoms with Gasteiger partial charge in [-0.2, -0.15) is 0 Å². The van der Waals surface area contributed by atoms with Crippen LogP contribution in [0.25, 0.3) is 0 Å². The summed E-state index contributed by atoms with van der Waals surface area (Å²) in [6, 6.07) is 8.07. The molecule has 0 spiro atoms. The zero-order valence-corrected chi connectivity index (χ0v) is 12.7. The highest BCUT2D eigenvalue weighted by atomic mass is 16.5. The van der Waals surface area contributed by atoms with E-state index in [-0.39, 0.29) is 12.5 Å². The fourth-order valence-corrected chi connectivity index (χ4v) is 2.92. The Labute approximate surface area is 130 Å². The summed E-state index contributed by atoms with van der Waals surface area (Å²) >= 11 is 0. The molecule has 1 saturated heterocycles. The number of carbonyl (C=O) groups is 1. The van der Waals surface area contributed by atoms with Gasteiger partial charge in [-0.25, -0.2) is 4.99 Å². The largest absolute Gasteiger partial charge is 0.378 e. The Morgan fingerprint density at radius 3 is 2.82 bits per heavy atom. The van der Waals surface area contributed by atoms with Gasteiger partial charge in [-0.1, -0.05) is 18.2 Å². The number of benzene rings is 1. The van der Waals surface area contributed by atoms with Gasteiger partial charge in [0.05, 0.1) is 13.2 Å². The second-order valence-electron chi connectivity index (χ2n) is 5.55. The summed E-state index contributed by atoms with van der Waals surface area (Å²) in [5.74, 6) is 0.435. The molecule has 2 aliphatic rings. The van der Waals surface area contributed by atoms with Crippen molar-refractivity contribution in [1.82, 2.24) is 4.90 Å². The Morgan fingerprint density at radius 1 is 1.23 bits per heavy atom. The molecule has 2 aliphatic heterocycles. The van der Waals surface area contributed by atoms with Crippen LogP contribution in [0.3, 0.4) is 0 Å². The van der Waals surface area contributed by atoms with Crippen LogP contribution in [0.2, 0.25) is 0 Å². The van der Waals surface area contributed by atoms with E-state index < -0.39 is 0 Å². The molecule has 3 rings (SSSR count). The summed E-state index contributed by atoms with van der Waals surface area (Å²) in [6.07, 6.45) is 2.02. The summed E-state index contributed by atoms with van der Waals surface area (Å²) in [5, 5.41) is 0. The van der Waals surface area contributed by atoms with Crippen LogP contribution in [0, 0.1) is 0 Å². The molecule has 0 saturated carbocycles. The van der Waals surface area contributed by atoms with Crippen molar-refractivity contribution >= 4 is 17.6 Å². The van der Waals surface area contributed by atoms with Crippen molar-refractivity contribution < 1.29 is 9.53 Å². The topological polar surface area (TPSA) is 71.2 Å². The fraction of sp³-hybridized carbons (Fsp3) is 0.500. The fourth-order valence-electron chi connectivity index (χ4n) is 2.92. The zero-order chi connectivity index (χ0) is 15.4. The predicted molar refractivity (Wildman–Crippen MR) is 86.0 cm³/mol. The van der Waals surface area contributed by atoms with Crippen molar-refractivity contribution in [3.63, 3.8) is 0 Å². The molecule has 6 heteroatoms. The average Bonchev–Trinajstić information content (AvgIpc) is 2.59. The molecule has 0 unspecified atom stereocenters. The lowest BCUT2D eigenvalue weighted by molar-refractivity contribution is -0.117. The first kappa shape index (κ1) is 14.8. The number of para-hydroxylation sites is 1. The number of aliphatic imine (C=N–C) groups is 1. The lowest BCUT2D eigenvalue weighted by Crippen LogP contribution is -2.45. The van der Waals surface area contributed by atoms with Gasteiger partial charge in [0.2, 0.25) is 5.91 Å². The van der Waals surface area contributed by atoms with Gasteiger partial charge in [-0.05, 0) is 24.5 Å². The van der Waals surface area contributed by atoms with Crippen LogP contribution in [-0.2, 0) is 16.0 Å². The SMILES string of the molecule is NC(=NCC(=O)N1CCCc2ccccc21)N1CCOCC1. The number of aryl methyl sites for hydroxylation is 1. The molecular weight excluding hydrogens is 280 g/mol. The van der Waals surface area contributed by atoms with Crippen LogP contribution in [0.4, 0.5) is 5.69 Å². The molecule has 1 fully saturated rings. The van der Waals surface area contributed by atoms with Crippen LogP contribution in [-0.4, -0.2) is 56.2 Å². The van der Waals surface area contributed by atoms with Gasteiger partial charge >= 0.3 is 0 Å². The molecule has 6 nitrogen and oxygen atoms in total. The number of guanidine groups is 1. The number of rotatable bonds is 2. The van der Waals surface area contributed by atoms with Crippen molar-refractivity contribution in [3.8, 4) is 0 Å². The maximum atomic E-state index is 12.5. The molecule has 0 bridgehead atoms. The zero-order valence-electron chi connectivity index (χ0n) is 12.7. The minimum absolute atomic E-state index is 0.00311. The normalized spacial score (nSPS) is 19.0. The first-order chi connectivity index (χ1) is 10.8. The van der Waals surface area contributed by atoms with E-state index in [1.807, 2.05) is 28.0 Å². The summed E-state index contributed by atoms with van der Waals surface area (Å²) in [5.41, 5.74) is 8.21. The number of carbonyl (C=O) groups excluding carboxylic acids is 1. The van der Waals surface area contributed by atoms with E-state index in [1.165, 1.54) is 5.56 Å². The van der Waals surface area contributed by atoms with E-state index in [9.17, 15) is 4.79 Å². The van der Waals surface area contributed by atoms with Gasteiger partial charge in [-0.3, -0.25) is 4.79 Å². The molecule has 2 heterocycles. The Balaban J connectivity index is 1.65. The van der Waals surface area contributed by atoms with E-state index >= 15 is 0 Å². The summed E-state index contributed by atoms with van der Waals surface area (Å²) in [6.45, 7) is 3.62. The second kappa shape index (κ2) is 6.79. The van der Waals surface area contributed by atoms with E-state index in [4.69, 9.17) is 10.5 Å². The number of anilines is 1. The van der Waals surface area contributed by atoms with Crippen molar-refractivity contribution in [1.29, 1.82) is 0 Å². The molecule has 1 aromatic rings. The van der Waals surface area contributed by atoms with Crippen LogP contribution in [0.15, 0.2) is 29.3 Å². The van der Waals surface area contributed by atoms with Gasteiger partial charge in [0.25, 0.3) is 0 Å². The van der Waals surface area contributed by atoms with Gasteiger partial charge in [0, 0.05) is 25.3 Å². The maximum Gasteiger partial charge on any atom is 0.248 e. The minimum atomic E-state index is 0.00311. The summed E-state index contributed by atoms with van der Waals surface area (Å²) in [4.78, 5) is 20.5. The molecule has 22 heavy (non-hydrogen) atoms. The highest BCUT2D eigenvalue weighted by molar-refractivity contribution is 5.97. The second-order valence-corrected chi connectivity index (χ2v) is 5.55. The average molecular weight is 302 g/mol. The molecule has 2 N–H and O–H groups in total. The first-order valence-electron chi connectivity index (χ1n) is 7.76. The van der Waals surface area contributed by atoms with E-state index in [0.717, 1.165) is 38.2 Å². The van der Waals surface area contributed by atoms with Crippen LogP contribution in [0.5, 0.6) is 0 Å². The van der Waals surface area contributed by atoms with E-state index in [0.29, 0.717) is 19.2 Å². The maximum absolute atomic E-state index is 12.5. The number of morpholine rings is 1. The number of fused-ring (bicyclic) bond motifs is 1. The third-order valence-electron chi connectivity index (χ3n) is 4.12. The van der Waals surface area contributed by atoms with Gasteiger partial charge in [-0.15, -0.1) is 0 Å². The summed E-state index contributed by atoms with van der Waals surface area (Å²) < 4.78 is 5.28. The third-order valence-corrected chi connectivity index (χ3v) is 4.12. The van der Waals surface area contributed by atoms with Crippen molar-refractivity contribution in [2.24, 2.45) is 10.7 Å². The standard InChI is InChI=1S/C16H22N4O2/c17-16(19-8-10-22-11-9-19)18-12-15(21)20-7-3-5-13-4-1-2-6-14(13)20/h1-2,4,6H,3,5,7-12H2,(H2,17,18). The number of nitrogens with zero attached hydrogens (tertiary/aromatic N) is 3. The molecule has 0 atom stereocenters. The Morgan fingerprint density at radius 2 is 2.00 bits per heavy atom. The number of nitrogens with two attached hydrogens (primary N) is 1. The van der Waals surface area contributed by atoms with Gasteiger partial charge < -0.3 is 20.3 Å². The van der Waals surface area contributed by atoms with Crippen molar-refractivity contribution in [2.75, 3.05) is 44.3 Å². The predicted octanol–water partition coefficient (Wildman–Crippen LogP) is 0.613. The molecule has 0 aromatic heterocycles. The molecule has 1 aromatic carbocycles. The number of ether oxygens (including phenoxy) is 1. The van der Waals surface area contributed by atoms with E-state index in [2.05, 4.69) is 11.1 Å². The van der Waals surface area contributed by atoms with Crippen molar-refractivity contribution in [3.05, 3.63) is 29.8 Å². The quantitative estimate of drug-likeness (QED) is 0.642. The van der Waals surface area contributed by atoms with E-state index in [1.54, 1.807) is 0 Å². The number of hydrogen-bond acceptors (Lipinski definition) is 3. The molecule has 1 amide bonds. The van der Waals surface area contributed by atoms with Gasteiger partial charge in [0.1, 0.15) is 6.54 Å². The highest BCUT2D eigenvalue weighted by Gasteiger charge is 2.22.